The summed E-state index contributed by atoms with van der Waals surface area (Å²) in [5, 5.41) is 0. The Labute approximate surface area is 152 Å². The summed E-state index contributed by atoms with van der Waals surface area (Å²) < 4.78 is 50.2. The zero-order chi connectivity index (χ0) is 19.2. The van der Waals surface area contributed by atoms with Crippen molar-refractivity contribution in [2.24, 2.45) is 0 Å². The second-order valence-corrected chi connectivity index (χ2v) is 7.32. The summed E-state index contributed by atoms with van der Waals surface area (Å²) in [6.07, 6.45) is 0. The van der Waals surface area contributed by atoms with Gasteiger partial charge in [0.1, 0.15) is 19.3 Å². The molecule has 0 aliphatic carbocycles. The number of sulfonamides is 1. The van der Waals surface area contributed by atoms with Gasteiger partial charge in [0, 0.05) is 0 Å². The third-order valence-electron chi connectivity index (χ3n) is 3.44. The normalized spacial score (nSPS) is 12.4. The average Bonchev–Trinajstić information content (AvgIpc) is 2.60. The molecule has 0 radical (unpaired) electrons. The molecule has 0 aliphatic rings. The Bertz CT molecular complexity index is 852. The lowest BCUT2D eigenvalue weighted by Crippen LogP contribution is -2.39. The standard InChI is InChI=1S/C18H20FNO5S/c1-13-7-9-15(10-8-13)26(22,23)20-14(2)18(21)25-12-11-24-17-6-4-3-5-16(17)19/h3-10,14,20H,11-12H2,1-2H3. The Morgan fingerprint density at radius 1 is 1.12 bits per heavy atom. The van der Waals surface area contributed by atoms with Crippen molar-refractivity contribution in [3.8, 4) is 5.75 Å². The van der Waals surface area contributed by atoms with Crippen LogP contribution in [0.5, 0.6) is 5.75 Å². The van der Waals surface area contributed by atoms with Gasteiger partial charge in [-0.1, -0.05) is 29.8 Å². The van der Waals surface area contributed by atoms with E-state index in [4.69, 9.17) is 9.47 Å². The van der Waals surface area contributed by atoms with Crippen molar-refractivity contribution in [3.05, 3.63) is 59.9 Å². The molecule has 0 bridgehead atoms. The molecule has 0 saturated carbocycles. The van der Waals surface area contributed by atoms with Crippen LogP contribution in [0.4, 0.5) is 4.39 Å². The van der Waals surface area contributed by atoms with Gasteiger partial charge in [0.05, 0.1) is 4.90 Å². The van der Waals surface area contributed by atoms with Gasteiger partial charge in [0.2, 0.25) is 10.0 Å². The van der Waals surface area contributed by atoms with Crippen LogP contribution in [0.2, 0.25) is 0 Å². The number of benzene rings is 2. The number of hydrogen-bond donors (Lipinski definition) is 1. The van der Waals surface area contributed by atoms with Crippen LogP contribution in [0.15, 0.2) is 53.4 Å². The van der Waals surface area contributed by atoms with Gasteiger partial charge in [0.15, 0.2) is 11.6 Å². The molecule has 1 unspecified atom stereocenters. The number of para-hydroxylation sites is 1. The van der Waals surface area contributed by atoms with Crippen LogP contribution in [-0.2, 0) is 19.6 Å². The molecule has 2 aromatic rings. The first-order valence-electron chi connectivity index (χ1n) is 7.92. The maximum absolute atomic E-state index is 13.4. The Kier molecular flexibility index (Phi) is 6.70. The predicted molar refractivity (Wildman–Crippen MR) is 93.8 cm³/mol. The molecule has 8 heteroatoms. The van der Waals surface area contributed by atoms with Crippen molar-refractivity contribution >= 4 is 16.0 Å². The number of ether oxygens (including phenoxy) is 2. The minimum absolute atomic E-state index is 0.0515. The minimum Gasteiger partial charge on any atom is -0.487 e. The maximum Gasteiger partial charge on any atom is 0.324 e. The summed E-state index contributed by atoms with van der Waals surface area (Å²) in [6, 6.07) is 11.0. The lowest BCUT2D eigenvalue weighted by atomic mass is 10.2. The van der Waals surface area contributed by atoms with Crippen LogP contribution in [0.1, 0.15) is 12.5 Å². The van der Waals surface area contributed by atoms with Gasteiger partial charge < -0.3 is 9.47 Å². The third-order valence-corrected chi connectivity index (χ3v) is 5.00. The van der Waals surface area contributed by atoms with E-state index in [1.165, 1.54) is 37.3 Å². The van der Waals surface area contributed by atoms with E-state index in [-0.39, 0.29) is 23.9 Å². The minimum atomic E-state index is -3.83. The lowest BCUT2D eigenvalue weighted by molar-refractivity contribution is -0.145. The molecule has 140 valence electrons. The van der Waals surface area contributed by atoms with E-state index in [0.29, 0.717) is 0 Å². The number of nitrogens with one attached hydrogen (secondary N) is 1. The van der Waals surface area contributed by atoms with E-state index in [9.17, 15) is 17.6 Å². The van der Waals surface area contributed by atoms with E-state index in [1.54, 1.807) is 18.2 Å². The quantitative estimate of drug-likeness (QED) is 0.561. The number of carbonyl (C=O) groups is 1. The highest BCUT2D eigenvalue weighted by atomic mass is 32.2. The number of esters is 1. The number of aryl methyl sites for hydroxylation is 1. The highest BCUT2D eigenvalue weighted by Gasteiger charge is 2.23. The van der Waals surface area contributed by atoms with E-state index >= 15 is 0 Å². The topological polar surface area (TPSA) is 81.7 Å². The highest BCUT2D eigenvalue weighted by molar-refractivity contribution is 7.89. The monoisotopic (exact) mass is 381 g/mol. The molecule has 0 heterocycles. The average molecular weight is 381 g/mol. The fraction of sp³-hybridized carbons (Fsp3) is 0.278. The summed E-state index contributed by atoms with van der Waals surface area (Å²) in [5.74, 6) is -1.22. The predicted octanol–water partition coefficient (Wildman–Crippen LogP) is 2.42. The smallest absolute Gasteiger partial charge is 0.324 e. The first-order chi connectivity index (χ1) is 12.3. The van der Waals surface area contributed by atoms with Crippen LogP contribution < -0.4 is 9.46 Å². The van der Waals surface area contributed by atoms with E-state index in [1.807, 2.05) is 6.92 Å². The first kappa shape index (κ1) is 19.9. The molecule has 1 N–H and O–H groups in total. The van der Waals surface area contributed by atoms with Crippen molar-refractivity contribution in [1.82, 2.24) is 4.72 Å². The van der Waals surface area contributed by atoms with Crippen molar-refractivity contribution < 1.29 is 27.1 Å². The van der Waals surface area contributed by atoms with Crippen LogP contribution in [0.3, 0.4) is 0 Å². The molecule has 0 aromatic heterocycles. The molecule has 0 fully saturated rings. The number of halogens is 1. The summed E-state index contributed by atoms with van der Waals surface area (Å²) in [4.78, 5) is 12.0. The lowest BCUT2D eigenvalue weighted by Gasteiger charge is -2.14. The van der Waals surface area contributed by atoms with Gasteiger partial charge in [-0.15, -0.1) is 0 Å². The molecule has 0 aliphatic heterocycles. The van der Waals surface area contributed by atoms with Gasteiger partial charge in [0.25, 0.3) is 0 Å². The molecular weight excluding hydrogens is 361 g/mol. The summed E-state index contributed by atoms with van der Waals surface area (Å²) in [7, 11) is -3.83. The Hall–Kier alpha value is -2.45. The largest absolute Gasteiger partial charge is 0.487 e. The van der Waals surface area contributed by atoms with Crippen molar-refractivity contribution in [1.29, 1.82) is 0 Å². The molecule has 2 rings (SSSR count). The zero-order valence-corrected chi connectivity index (χ0v) is 15.3. The SMILES string of the molecule is Cc1ccc(S(=O)(=O)NC(C)C(=O)OCCOc2ccccc2F)cc1. The highest BCUT2D eigenvalue weighted by Crippen LogP contribution is 2.15. The van der Waals surface area contributed by atoms with Crippen molar-refractivity contribution in [3.63, 3.8) is 0 Å². The molecular formula is C18H20FNO5S. The fourth-order valence-electron chi connectivity index (χ4n) is 2.05. The molecule has 0 saturated heterocycles. The van der Waals surface area contributed by atoms with Crippen LogP contribution in [-0.4, -0.2) is 33.6 Å². The molecule has 2 aromatic carbocycles. The van der Waals surface area contributed by atoms with Crippen LogP contribution in [0, 0.1) is 12.7 Å². The van der Waals surface area contributed by atoms with Gasteiger partial charge >= 0.3 is 5.97 Å². The van der Waals surface area contributed by atoms with Crippen molar-refractivity contribution in [2.75, 3.05) is 13.2 Å². The van der Waals surface area contributed by atoms with Crippen molar-refractivity contribution in [2.45, 2.75) is 24.8 Å². The Morgan fingerprint density at radius 2 is 1.77 bits per heavy atom. The van der Waals surface area contributed by atoms with E-state index in [0.717, 1.165) is 5.56 Å². The fourth-order valence-corrected chi connectivity index (χ4v) is 3.24. The molecule has 26 heavy (non-hydrogen) atoms. The van der Waals surface area contributed by atoms with Gasteiger partial charge in [-0.2, -0.15) is 4.72 Å². The van der Waals surface area contributed by atoms with E-state index < -0.39 is 27.9 Å². The molecule has 0 amide bonds. The summed E-state index contributed by atoms with van der Waals surface area (Å²) in [5.41, 5.74) is 0.922. The van der Waals surface area contributed by atoms with Gasteiger partial charge in [-0.05, 0) is 38.1 Å². The summed E-state index contributed by atoms with van der Waals surface area (Å²) >= 11 is 0. The third kappa shape index (κ3) is 5.53. The number of rotatable bonds is 8. The van der Waals surface area contributed by atoms with E-state index in [2.05, 4.69) is 4.72 Å². The number of hydrogen-bond acceptors (Lipinski definition) is 5. The Balaban J connectivity index is 1.81. The first-order valence-corrected chi connectivity index (χ1v) is 9.41. The van der Waals surface area contributed by atoms with Crippen LogP contribution >= 0.6 is 0 Å². The molecule has 0 spiro atoms. The molecule has 1 atom stereocenters. The summed E-state index contributed by atoms with van der Waals surface area (Å²) in [6.45, 7) is 3.03. The Morgan fingerprint density at radius 3 is 2.42 bits per heavy atom. The van der Waals surface area contributed by atoms with Gasteiger partial charge in [-0.25, -0.2) is 12.8 Å². The zero-order valence-electron chi connectivity index (χ0n) is 14.4. The second-order valence-electron chi connectivity index (χ2n) is 5.60. The molecule has 6 nitrogen and oxygen atoms in total. The van der Waals surface area contributed by atoms with Crippen LogP contribution in [0.25, 0.3) is 0 Å². The second kappa shape index (κ2) is 8.77. The van der Waals surface area contributed by atoms with Gasteiger partial charge in [-0.3, -0.25) is 4.79 Å². The number of carbonyl (C=O) groups excluding carboxylic acids is 1. The maximum atomic E-state index is 13.4.